The monoisotopic (exact) mass is 345 g/mol. The van der Waals surface area contributed by atoms with Gasteiger partial charge in [0.15, 0.2) is 0 Å². The Labute approximate surface area is 146 Å². The Morgan fingerprint density at radius 2 is 2.08 bits per heavy atom. The number of methoxy groups -OCH3 is 1. The lowest BCUT2D eigenvalue weighted by atomic mass is 10.2. The molecule has 0 N–H and O–H groups in total. The van der Waals surface area contributed by atoms with E-state index in [4.69, 9.17) is 16.3 Å². The first-order valence-corrected chi connectivity index (χ1v) is 8.34. The molecule has 1 saturated heterocycles. The van der Waals surface area contributed by atoms with E-state index >= 15 is 0 Å². The van der Waals surface area contributed by atoms with Gasteiger partial charge in [0.05, 0.1) is 17.8 Å². The fourth-order valence-electron chi connectivity index (χ4n) is 2.92. The smallest absolute Gasteiger partial charge is 0.254 e. The highest BCUT2D eigenvalue weighted by molar-refractivity contribution is 6.33. The van der Waals surface area contributed by atoms with Crippen molar-refractivity contribution in [2.75, 3.05) is 38.2 Å². The summed E-state index contributed by atoms with van der Waals surface area (Å²) in [4.78, 5) is 20.9. The first-order chi connectivity index (χ1) is 11.7. The van der Waals surface area contributed by atoms with Crippen molar-refractivity contribution < 1.29 is 9.53 Å². The lowest BCUT2D eigenvalue weighted by Crippen LogP contribution is -2.35. The van der Waals surface area contributed by atoms with Crippen molar-refractivity contribution in [2.24, 2.45) is 0 Å². The summed E-state index contributed by atoms with van der Waals surface area (Å²) in [6, 6.07) is 9.21. The van der Waals surface area contributed by atoms with Crippen LogP contribution in [0.15, 0.2) is 42.7 Å². The summed E-state index contributed by atoms with van der Waals surface area (Å²) in [5, 5.41) is 0.644. The van der Waals surface area contributed by atoms with Crippen LogP contribution in [0.4, 0.5) is 5.69 Å². The SMILES string of the molecule is COc1cccc(C(=O)N2CCCN(c3ccncc3Cl)CC2)c1. The van der Waals surface area contributed by atoms with E-state index in [0.29, 0.717) is 22.9 Å². The number of pyridine rings is 1. The predicted octanol–water partition coefficient (Wildman–Crippen LogP) is 3.10. The van der Waals surface area contributed by atoms with Crippen molar-refractivity contribution in [2.45, 2.75) is 6.42 Å². The highest BCUT2D eigenvalue weighted by Crippen LogP contribution is 2.25. The van der Waals surface area contributed by atoms with Crippen LogP contribution in [-0.2, 0) is 0 Å². The van der Waals surface area contributed by atoms with Crippen molar-refractivity contribution in [1.82, 2.24) is 9.88 Å². The van der Waals surface area contributed by atoms with Gasteiger partial charge >= 0.3 is 0 Å². The number of rotatable bonds is 3. The third-order valence-electron chi connectivity index (χ3n) is 4.19. The molecule has 1 fully saturated rings. The van der Waals surface area contributed by atoms with Gasteiger partial charge in [-0.2, -0.15) is 0 Å². The normalized spacial score (nSPS) is 15.1. The van der Waals surface area contributed by atoms with Gasteiger partial charge in [-0.15, -0.1) is 0 Å². The van der Waals surface area contributed by atoms with Gasteiger partial charge in [-0.3, -0.25) is 9.78 Å². The zero-order chi connectivity index (χ0) is 16.9. The van der Waals surface area contributed by atoms with Gasteiger partial charge in [0.2, 0.25) is 0 Å². The standard InChI is InChI=1S/C18H20ClN3O2/c1-24-15-5-2-4-14(12-15)18(23)22-9-3-8-21(10-11-22)17-6-7-20-13-16(17)19/h2,4-7,12-13H,3,8-11H2,1H3. The number of hydrogen-bond acceptors (Lipinski definition) is 4. The molecule has 0 unspecified atom stereocenters. The van der Waals surface area contributed by atoms with E-state index in [1.54, 1.807) is 25.6 Å². The maximum Gasteiger partial charge on any atom is 0.254 e. The fraction of sp³-hybridized carbons (Fsp3) is 0.333. The zero-order valence-electron chi connectivity index (χ0n) is 13.6. The molecule has 0 radical (unpaired) electrons. The van der Waals surface area contributed by atoms with Crippen molar-refractivity contribution in [3.05, 3.63) is 53.3 Å². The molecule has 6 heteroatoms. The Hall–Kier alpha value is -2.27. The molecule has 0 bridgehead atoms. The first kappa shape index (κ1) is 16.6. The lowest BCUT2D eigenvalue weighted by Gasteiger charge is -2.24. The Kier molecular flexibility index (Phi) is 5.20. The second-order valence-corrected chi connectivity index (χ2v) is 6.10. The van der Waals surface area contributed by atoms with Gasteiger partial charge in [-0.1, -0.05) is 17.7 Å². The average Bonchev–Trinajstić information content (AvgIpc) is 2.87. The number of amides is 1. The van der Waals surface area contributed by atoms with E-state index < -0.39 is 0 Å². The van der Waals surface area contributed by atoms with Crippen molar-refractivity contribution in [3.63, 3.8) is 0 Å². The highest BCUT2D eigenvalue weighted by atomic mass is 35.5. The number of ether oxygens (including phenoxy) is 1. The van der Waals surface area contributed by atoms with E-state index in [1.807, 2.05) is 29.2 Å². The van der Waals surface area contributed by atoms with Crippen LogP contribution in [0.2, 0.25) is 5.02 Å². The maximum atomic E-state index is 12.7. The van der Waals surface area contributed by atoms with Crippen LogP contribution in [0.5, 0.6) is 5.75 Å². The predicted molar refractivity (Wildman–Crippen MR) is 95.0 cm³/mol. The fourth-order valence-corrected chi connectivity index (χ4v) is 3.16. The van der Waals surface area contributed by atoms with E-state index in [-0.39, 0.29) is 5.91 Å². The third kappa shape index (κ3) is 3.62. The molecule has 0 saturated carbocycles. The zero-order valence-corrected chi connectivity index (χ0v) is 14.4. The maximum absolute atomic E-state index is 12.7. The highest BCUT2D eigenvalue weighted by Gasteiger charge is 2.21. The topological polar surface area (TPSA) is 45.7 Å². The molecule has 1 aromatic carbocycles. The van der Waals surface area contributed by atoms with Crippen molar-refractivity contribution >= 4 is 23.2 Å². The summed E-state index contributed by atoms with van der Waals surface area (Å²) < 4.78 is 5.21. The van der Waals surface area contributed by atoms with Crippen molar-refractivity contribution in [1.29, 1.82) is 0 Å². The van der Waals surface area contributed by atoms with Crippen LogP contribution < -0.4 is 9.64 Å². The summed E-state index contributed by atoms with van der Waals surface area (Å²) in [6.45, 7) is 3.01. The van der Waals surface area contributed by atoms with E-state index in [0.717, 1.165) is 31.7 Å². The quantitative estimate of drug-likeness (QED) is 0.857. The molecule has 2 aromatic rings. The number of halogens is 1. The molecule has 0 atom stereocenters. The summed E-state index contributed by atoms with van der Waals surface area (Å²) in [7, 11) is 1.60. The minimum atomic E-state index is 0.0385. The summed E-state index contributed by atoms with van der Waals surface area (Å²) in [5.41, 5.74) is 1.63. The van der Waals surface area contributed by atoms with Crippen LogP contribution in [-0.4, -0.2) is 49.1 Å². The van der Waals surface area contributed by atoms with Crippen LogP contribution in [0.1, 0.15) is 16.8 Å². The molecule has 5 nitrogen and oxygen atoms in total. The molecule has 1 aromatic heterocycles. The molecule has 1 amide bonds. The summed E-state index contributed by atoms with van der Waals surface area (Å²) >= 11 is 6.24. The number of aromatic nitrogens is 1. The molecular formula is C18H20ClN3O2. The lowest BCUT2D eigenvalue weighted by molar-refractivity contribution is 0.0766. The van der Waals surface area contributed by atoms with Crippen molar-refractivity contribution in [3.8, 4) is 5.75 Å². The number of anilines is 1. The minimum Gasteiger partial charge on any atom is -0.497 e. The Morgan fingerprint density at radius 3 is 2.88 bits per heavy atom. The molecule has 126 valence electrons. The molecular weight excluding hydrogens is 326 g/mol. The second kappa shape index (κ2) is 7.53. The molecule has 1 aliphatic heterocycles. The van der Waals surface area contributed by atoms with Crippen LogP contribution in [0, 0.1) is 0 Å². The van der Waals surface area contributed by atoms with Gasteiger partial charge < -0.3 is 14.5 Å². The van der Waals surface area contributed by atoms with Gasteiger partial charge in [-0.25, -0.2) is 0 Å². The number of benzene rings is 1. The van der Waals surface area contributed by atoms with Gasteiger partial charge in [0.1, 0.15) is 5.75 Å². The molecule has 24 heavy (non-hydrogen) atoms. The Balaban J connectivity index is 1.71. The molecule has 0 spiro atoms. The first-order valence-electron chi connectivity index (χ1n) is 7.97. The van der Waals surface area contributed by atoms with Gasteiger partial charge in [-0.05, 0) is 30.7 Å². The van der Waals surface area contributed by atoms with Crippen LogP contribution in [0.25, 0.3) is 0 Å². The summed E-state index contributed by atoms with van der Waals surface area (Å²) in [5.74, 6) is 0.734. The van der Waals surface area contributed by atoms with Gasteiger partial charge in [0.25, 0.3) is 5.91 Å². The third-order valence-corrected chi connectivity index (χ3v) is 4.48. The van der Waals surface area contributed by atoms with Gasteiger partial charge in [0, 0.05) is 44.1 Å². The summed E-state index contributed by atoms with van der Waals surface area (Å²) in [6.07, 6.45) is 4.29. The molecule has 2 heterocycles. The molecule has 0 aliphatic carbocycles. The average molecular weight is 346 g/mol. The Bertz CT molecular complexity index is 723. The van der Waals surface area contributed by atoms with E-state index in [9.17, 15) is 4.79 Å². The van der Waals surface area contributed by atoms with Crippen LogP contribution in [0.3, 0.4) is 0 Å². The number of carbonyl (C=O) groups excluding carboxylic acids is 1. The molecule has 1 aliphatic rings. The second-order valence-electron chi connectivity index (χ2n) is 5.69. The molecule has 3 rings (SSSR count). The minimum absolute atomic E-state index is 0.0385. The Morgan fingerprint density at radius 1 is 1.21 bits per heavy atom. The van der Waals surface area contributed by atoms with E-state index in [1.165, 1.54) is 0 Å². The number of hydrogen-bond donors (Lipinski definition) is 0. The van der Waals surface area contributed by atoms with E-state index in [2.05, 4.69) is 9.88 Å². The number of nitrogens with zero attached hydrogens (tertiary/aromatic N) is 3. The largest absolute Gasteiger partial charge is 0.497 e. The number of carbonyl (C=O) groups is 1. The van der Waals surface area contributed by atoms with Crippen LogP contribution >= 0.6 is 11.6 Å².